The van der Waals surface area contributed by atoms with Gasteiger partial charge < -0.3 is 9.30 Å². The number of aromatic nitrogens is 4. The lowest BCUT2D eigenvalue weighted by Gasteiger charge is -2.21. The molecule has 1 aliphatic heterocycles. The highest BCUT2D eigenvalue weighted by atomic mass is 35.5. The van der Waals surface area contributed by atoms with E-state index in [0.29, 0.717) is 30.3 Å². The van der Waals surface area contributed by atoms with Crippen molar-refractivity contribution in [1.82, 2.24) is 24.1 Å². The van der Waals surface area contributed by atoms with Crippen molar-refractivity contribution in [3.8, 4) is 5.75 Å². The minimum atomic E-state index is -3.66. The summed E-state index contributed by atoms with van der Waals surface area (Å²) in [5.74, 6) is 0.636. The summed E-state index contributed by atoms with van der Waals surface area (Å²) >= 11 is 6.09. The SMILES string of the molecule is Cn1cnc(S(=O)(=O)N2CCC[C@@H]2c2cc(CCOc3ccccc3Cl)[nH]n2)c1. The second-order valence-electron chi connectivity index (χ2n) is 7.00. The van der Waals surface area contributed by atoms with Crippen LogP contribution in [0.5, 0.6) is 5.75 Å². The molecule has 3 aromatic rings. The molecule has 1 N–H and O–H groups in total. The number of hydrogen-bond donors (Lipinski definition) is 1. The Hall–Kier alpha value is -2.36. The summed E-state index contributed by atoms with van der Waals surface area (Å²) < 4.78 is 34.8. The average molecular weight is 436 g/mol. The lowest BCUT2D eigenvalue weighted by Crippen LogP contribution is -2.31. The Labute approximate surface area is 174 Å². The highest BCUT2D eigenvalue weighted by Gasteiger charge is 2.38. The van der Waals surface area contributed by atoms with Crippen LogP contribution >= 0.6 is 11.6 Å². The van der Waals surface area contributed by atoms with Gasteiger partial charge in [0.1, 0.15) is 5.75 Å². The van der Waals surface area contributed by atoms with Gasteiger partial charge in [0.05, 0.1) is 29.7 Å². The Morgan fingerprint density at radius 3 is 2.93 bits per heavy atom. The van der Waals surface area contributed by atoms with E-state index in [1.54, 1.807) is 17.7 Å². The highest BCUT2D eigenvalue weighted by molar-refractivity contribution is 7.89. The molecular formula is C19H22ClN5O3S. The highest BCUT2D eigenvalue weighted by Crippen LogP contribution is 2.35. The number of hydrogen-bond acceptors (Lipinski definition) is 5. The number of imidazole rings is 1. The molecule has 1 aromatic carbocycles. The van der Waals surface area contributed by atoms with Crippen molar-refractivity contribution >= 4 is 21.6 Å². The standard InChI is InChI=1S/C19H22ClN5O3S/c1-24-12-19(21-13-24)29(26,27)25-9-4-6-17(25)16-11-14(22-23-16)8-10-28-18-7-3-2-5-15(18)20/h2-3,5,7,11-13,17H,4,6,8-10H2,1H3,(H,22,23)/t17-/m1/s1. The zero-order chi connectivity index (χ0) is 20.4. The molecule has 1 fully saturated rings. The van der Waals surface area contributed by atoms with E-state index in [9.17, 15) is 8.42 Å². The predicted octanol–water partition coefficient (Wildman–Crippen LogP) is 2.94. The van der Waals surface area contributed by atoms with Crippen LogP contribution in [0.25, 0.3) is 0 Å². The molecule has 0 amide bonds. The van der Waals surface area contributed by atoms with Gasteiger partial charge in [-0.2, -0.15) is 9.40 Å². The maximum atomic E-state index is 13.0. The van der Waals surface area contributed by atoms with E-state index >= 15 is 0 Å². The van der Waals surface area contributed by atoms with E-state index in [2.05, 4.69) is 15.2 Å². The van der Waals surface area contributed by atoms with Crippen molar-refractivity contribution in [2.24, 2.45) is 7.05 Å². The van der Waals surface area contributed by atoms with Gasteiger partial charge in [-0.3, -0.25) is 5.10 Å². The molecule has 1 saturated heterocycles. The van der Waals surface area contributed by atoms with E-state index in [1.807, 2.05) is 24.3 Å². The summed E-state index contributed by atoms with van der Waals surface area (Å²) in [5, 5.41) is 8.00. The van der Waals surface area contributed by atoms with Crippen LogP contribution in [0.2, 0.25) is 5.02 Å². The van der Waals surface area contributed by atoms with Gasteiger partial charge in [-0.15, -0.1) is 0 Å². The van der Waals surface area contributed by atoms with Gasteiger partial charge in [0.25, 0.3) is 10.0 Å². The number of para-hydroxylation sites is 1. The third kappa shape index (κ3) is 4.17. The predicted molar refractivity (Wildman–Crippen MR) is 108 cm³/mol. The average Bonchev–Trinajstić information content (AvgIpc) is 3.43. The summed E-state index contributed by atoms with van der Waals surface area (Å²) in [7, 11) is -1.91. The number of nitrogens with one attached hydrogen (secondary N) is 1. The summed E-state index contributed by atoms with van der Waals surface area (Å²) in [6.07, 6.45) is 5.13. The Morgan fingerprint density at radius 1 is 1.34 bits per heavy atom. The largest absolute Gasteiger partial charge is 0.492 e. The first kappa shape index (κ1) is 19.9. The molecule has 0 aliphatic carbocycles. The molecule has 8 nitrogen and oxygen atoms in total. The molecule has 0 radical (unpaired) electrons. The van der Waals surface area contributed by atoms with E-state index < -0.39 is 10.0 Å². The van der Waals surface area contributed by atoms with Crippen molar-refractivity contribution < 1.29 is 13.2 Å². The number of halogens is 1. The summed E-state index contributed by atoms with van der Waals surface area (Å²) in [4.78, 5) is 4.02. The second-order valence-corrected chi connectivity index (χ2v) is 9.24. The van der Waals surface area contributed by atoms with Gasteiger partial charge in [0, 0.05) is 31.9 Å². The fourth-order valence-corrected chi connectivity index (χ4v) is 5.30. The number of aryl methyl sites for hydroxylation is 1. The van der Waals surface area contributed by atoms with Crippen LogP contribution in [0.15, 0.2) is 47.9 Å². The van der Waals surface area contributed by atoms with Crippen molar-refractivity contribution in [3.63, 3.8) is 0 Å². The van der Waals surface area contributed by atoms with Crippen LogP contribution in [0, 0.1) is 0 Å². The fraction of sp³-hybridized carbons (Fsp3) is 0.368. The molecule has 2 aromatic heterocycles. The van der Waals surface area contributed by atoms with E-state index in [-0.39, 0.29) is 11.1 Å². The summed E-state index contributed by atoms with van der Waals surface area (Å²) in [6, 6.07) is 8.93. The van der Waals surface area contributed by atoms with Gasteiger partial charge in [-0.1, -0.05) is 23.7 Å². The van der Waals surface area contributed by atoms with Gasteiger partial charge in [-0.05, 0) is 31.0 Å². The van der Waals surface area contributed by atoms with Gasteiger partial charge in [0.15, 0.2) is 5.03 Å². The number of rotatable bonds is 7. The molecular weight excluding hydrogens is 414 g/mol. The van der Waals surface area contributed by atoms with Gasteiger partial charge in [0.2, 0.25) is 0 Å². The number of ether oxygens (including phenoxy) is 1. The van der Waals surface area contributed by atoms with Crippen molar-refractivity contribution in [2.75, 3.05) is 13.2 Å². The molecule has 3 heterocycles. The normalized spacial score (nSPS) is 17.7. The van der Waals surface area contributed by atoms with Crippen LogP contribution in [-0.4, -0.2) is 45.6 Å². The van der Waals surface area contributed by atoms with E-state index in [1.165, 1.54) is 16.8 Å². The van der Waals surface area contributed by atoms with E-state index in [0.717, 1.165) is 24.2 Å². The van der Waals surface area contributed by atoms with Gasteiger partial charge in [-0.25, -0.2) is 13.4 Å². The third-order valence-electron chi connectivity index (χ3n) is 4.92. The third-order valence-corrected chi connectivity index (χ3v) is 7.02. The Bertz CT molecular complexity index is 1090. The van der Waals surface area contributed by atoms with Crippen molar-refractivity contribution in [1.29, 1.82) is 0 Å². The zero-order valence-electron chi connectivity index (χ0n) is 16.0. The molecule has 154 valence electrons. The zero-order valence-corrected chi connectivity index (χ0v) is 17.5. The molecule has 1 atom stereocenters. The number of sulfonamides is 1. The van der Waals surface area contributed by atoms with Gasteiger partial charge >= 0.3 is 0 Å². The minimum Gasteiger partial charge on any atom is -0.492 e. The molecule has 0 spiro atoms. The fourth-order valence-electron chi connectivity index (χ4n) is 3.48. The summed E-state index contributed by atoms with van der Waals surface area (Å²) in [6.45, 7) is 0.896. The molecule has 1 aliphatic rings. The Balaban J connectivity index is 1.43. The Kier molecular flexibility index (Phi) is 5.62. The molecule has 10 heteroatoms. The lowest BCUT2D eigenvalue weighted by atomic mass is 10.1. The first-order valence-corrected chi connectivity index (χ1v) is 11.2. The quantitative estimate of drug-likeness (QED) is 0.615. The van der Waals surface area contributed by atoms with Crippen LogP contribution in [-0.2, 0) is 23.5 Å². The molecule has 0 unspecified atom stereocenters. The molecule has 0 saturated carbocycles. The number of aromatic amines is 1. The molecule has 0 bridgehead atoms. The van der Waals surface area contributed by atoms with E-state index in [4.69, 9.17) is 16.3 Å². The maximum Gasteiger partial charge on any atom is 0.262 e. The monoisotopic (exact) mass is 435 g/mol. The first-order chi connectivity index (χ1) is 13.9. The van der Waals surface area contributed by atoms with Crippen LogP contribution in [0.4, 0.5) is 0 Å². The lowest BCUT2D eigenvalue weighted by molar-refractivity contribution is 0.320. The number of H-pyrrole nitrogens is 1. The second kappa shape index (κ2) is 8.17. The number of nitrogens with zero attached hydrogens (tertiary/aromatic N) is 4. The molecule has 4 rings (SSSR count). The number of benzene rings is 1. The molecule has 29 heavy (non-hydrogen) atoms. The Morgan fingerprint density at radius 2 is 2.17 bits per heavy atom. The van der Waals surface area contributed by atoms with Crippen molar-refractivity contribution in [2.45, 2.75) is 30.3 Å². The van der Waals surface area contributed by atoms with Crippen LogP contribution < -0.4 is 4.74 Å². The van der Waals surface area contributed by atoms with Crippen LogP contribution in [0.3, 0.4) is 0 Å². The minimum absolute atomic E-state index is 0.0656. The smallest absolute Gasteiger partial charge is 0.262 e. The first-order valence-electron chi connectivity index (χ1n) is 9.36. The van der Waals surface area contributed by atoms with Crippen molar-refractivity contribution in [3.05, 3.63) is 59.3 Å². The maximum absolute atomic E-state index is 13.0. The van der Waals surface area contributed by atoms with Crippen LogP contribution in [0.1, 0.15) is 30.3 Å². The summed E-state index contributed by atoms with van der Waals surface area (Å²) in [5.41, 5.74) is 1.60. The topological polar surface area (TPSA) is 93.1 Å².